The number of aromatic amines is 1. The summed E-state index contributed by atoms with van der Waals surface area (Å²) in [5.41, 5.74) is 1.93. The molecule has 92 valence electrons. The van der Waals surface area contributed by atoms with Gasteiger partial charge in [0.1, 0.15) is 0 Å². The molecule has 2 heterocycles. The van der Waals surface area contributed by atoms with Crippen molar-refractivity contribution in [1.82, 2.24) is 14.5 Å². The molecular formula is C12H16BrN3S. The van der Waals surface area contributed by atoms with Crippen LogP contribution in [0.3, 0.4) is 0 Å². The third kappa shape index (κ3) is 2.31. The third-order valence-electron chi connectivity index (χ3n) is 3.04. The van der Waals surface area contributed by atoms with E-state index in [1.165, 1.54) is 0 Å². The molecule has 0 aliphatic heterocycles. The molecule has 0 saturated heterocycles. The summed E-state index contributed by atoms with van der Waals surface area (Å²) in [5, 5.41) is 0. The van der Waals surface area contributed by atoms with Crippen molar-refractivity contribution in [2.45, 2.75) is 33.2 Å². The van der Waals surface area contributed by atoms with Gasteiger partial charge in [-0.2, -0.15) is 0 Å². The zero-order chi connectivity index (χ0) is 12.6. The lowest BCUT2D eigenvalue weighted by Gasteiger charge is -2.21. The Hall–Kier alpha value is -0.680. The van der Waals surface area contributed by atoms with Gasteiger partial charge in [0.25, 0.3) is 0 Å². The molecule has 0 bridgehead atoms. The van der Waals surface area contributed by atoms with Crippen molar-refractivity contribution < 1.29 is 0 Å². The maximum Gasteiger partial charge on any atom is 0.179 e. The van der Waals surface area contributed by atoms with E-state index < -0.39 is 0 Å². The normalized spacial score (nSPS) is 13.5. The minimum atomic E-state index is 0.393. The van der Waals surface area contributed by atoms with Crippen molar-refractivity contribution in [3.63, 3.8) is 0 Å². The number of nitrogens with zero attached hydrogens (tertiary/aromatic N) is 2. The summed E-state index contributed by atoms with van der Waals surface area (Å²) in [5.74, 6) is 0.538. The first kappa shape index (κ1) is 12.8. The Bertz CT molecular complexity index is 585. The second-order valence-corrected chi connectivity index (χ2v) is 5.85. The van der Waals surface area contributed by atoms with Crippen molar-refractivity contribution in [1.29, 1.82) is 0 Å². The minimum Gasteiger partial charge on any atom is -0.329 e. The van der Waals surface area contributed by atoms with Crippen LogP contribution in [0.1, 0.15) is 33.2 Å². The Balaban J connectivity index is 2.68. The molecule has 1 N–H and O–H groups in total. The number of nitrogens with one attached hydrogen (secondary N) is 1. The number of fused-ring (bicyclic) bond motifs is 1. The lowest BCUT2D eigenvalue weighted by Crippen LogP contribution is -2.14. The van der Waals surface area contributed by atoms with Crippen LogP contribution in [-0.2, 0) is 0 Å². The largest absolute Gasteiger partial charge is 0.329 e. The van der Waals surface area contributed by atoms with Crippen LogP contribution in [-0.4, -0.2) is 14.5 Å². The van der Waals surface area contributed by atoms with E-state index in [1.807, 2.05) is 12.3 Å². The maximum atomic E-state index is 5.41. The number of pyridine rings is 1. The fraction of sp³-hybridized carbons (Fsp3) is 0.500. The third-order valence-corrected chi connectivity index (χ3v) is 3.77. The molecule has 0 aliphatic carbocycles. The summed E-state index contributed by atoms with van der Waals surface area (Å²) < 4.78 is 3.86. The molecule has 0 saturated carbocycles. The highest BCUT2D eigenvalue weighted by Gasteiger charge is 2.18. The Labute approximate surface area is 114 Å². The quantitative estimate of drug-likeness (QED) is 0.848. The highest BCUT2D eigenvalue weighted by molar-refractivity contribution is 9.10. The van der Waals surface area contributed by atoms with Crippen molar-refractivity contribution in [2.24, 2.45) is 5.92 Å². The van der Waals surface area contributed by atoms with E-state index in [2.05, 4.69) is 51.2 Å². The van der Waals surface area contributed by atoms with Crippen molar-refractivity contribution >= 4 is 39.3 Å². The fourth-order valence-electron chi connectivity index (χ4n) is 2.25. The zero-order valence-electron chi connectivity index (χ0n) is 10.2. The molecular weight excluding hydrogens is 298 g/mol. The lowest BCUT2D eigenvalue weighted by molar-refractivity contribution is 0.369. The number of hydrogen-bond donors (Lipinski definition) is 1. The van der Waals surface area contributed by atoms with Gasteiger partial charge in [-0.15, -0.1) is 0 Å². The summed E-state index contributed by atoms with van der Waals surface area (Å²) in [6.45, 7) is 6.62. The molecule has 3 nitrogen and oxygen atoms in total. The summed E-state index contributed by atoms with van der Waals surface area (Å²) in [7, 11) is 0. The number of imidazole rings is 1. The van der Waals surface area contributed by atoms with Crippen molar-refractivity contribution in [2.75, 3.05) is 0 Å². The molecule has 5 heteroatoms. The van der Waals surface area contributed by atoms with E-state index in [-0.39, 0.29) is 0 Å². The maximum absolute atomic E-state index is 5.41. The van der Waals surface area contributed by atoms with Crippen LogP contribution >= 0.6 is 28.1 Å². The van der Waals surface area contributed by atoms with Crippen molar-refractivity contribution in [3.05, 3.63) is 21.5 Å². The van der Waals surface area contributed by atoms with Gasteiger partial charge in [0.15, 0.2) is 10.4 Å². The fourth-order valence-corrected chi connectivity index (χ4v) is 2.91. The molecule has 2 aromatic rings. The minimum absolute atomic E-state index is 0.393. The van der Waals surface area contributed by atoms with Gasteiger partial charge in [-0.3, -0.25) is 4.57 Å². The number of aromatic nitrogens is 3. The molecule has 0 aliphatic rings. The Kier molecular flexibility index (Phi) is 3.68. The first-order valence-electron chi connectivity index (χ1n) is 5.80. The van der Waals surface area contributed by atoms with E-state index in [1.54, 1.807) is 0 Å². The number of hydrogen-bond acceptors (Lipinski definition) is 2. The molecule has 0 spiro atoms. The molecule has 2 rings (SSSR count). The standard InChI is InChI=1S/C12H16BrN3S/c1-4-10(7(2)3)16-11-9(15-12(16)17)5-8(13)6-14-11/h5-7,10H,4H2,1-3H3,(H,15,17). The van der Waals surface area contributed by atoms with Gasteiger partial charge in [0.2, 0.25) is 0 Å². The Morgan fingerprint density at radius 2 is 2.24 bits per heavy atom. The van der Waals surface area contributed by atoms with Crippen LogP contribution in [0.4, 0.5) is 0 Å². The van der Waals surface area contributed by atoms with Crippen LogP contribution in [0.25, 0.3) is 11.2 Å². The van der Waals surface area contributed by atoms with Gasteiger partial charge >= 0.3 is 0 Å². The average molecular weight is 314 g/mol. The Morgan fingerprint density at radius 3 is 2.82 bits per heavy atom. The molecule has 2 aromatic heterocycles. The smallest absolute Gasteiger partial charge is 0.179 e. The average Bonchev–Trinajstić information content (AvgIpc) is 2.55. The van der Waals surface area contributed by atoms with Crippen LogP contribution < -0.4 is 0 Å². The van der Waals surface area contributed by atoms with Crippen LogP contribution in [0, 0.1) is 10.7 Å². The summed E-state index contributed by atoms with van der Waals surface area (Å²) >= 11 is 8.83. The van der Waals surface area contributed by atoms with Crippen molar-refractivity contribution in [3.8, 4) is 0 Å². The molecule has 0 aromatic carbocycles. The highest BCUT2D eigenvalue weighted by Crippen LogP contribution is 2.27. The second-order valence-electron chi connectivity index (χ2n) is 4.54. The van der Waals surface area contributed by atoms with Crippen LogP contribution in [0.15, 0.2) is 16.7 Å². The predicted molar refractivity (Wildman–Crippen MR) is 76.8 cm³/mol. The number of H-pyrrole nitrogens is 1. The van der Waals surface area contributed by atoms with Gasteiger partial charge in [0.05, 0.1) is 5.52 Å². The van der Waals surface area contributed by atoms with E-state index in [0.717, 1.165) is 26.8 Å². The van der Waals surface area contributed by atoms with E-state index in [9.17, 15) is 0 Å². The molecule has 17 heavy (non-hydrogen) atoms. The van der Waals surface area contributed by atoms with Gasteiger partial charge in [-0.05, 0) is 46.6 Å². The molecule has 1 atom stereocenters. The number of rotatable bonds is 3. The Morgan fingerprint density at radius 1 is 1.53 bits per heavy atom. The summed E-state index contributed by atoms with van der Waals surface area (Å²) in [6.07, 6.45) is 2.87. The zero-order valence-corrected chi connectivity index (χ0v) is 12.6. The monoisotopic (exact) mass is 313 g/mol. The van der Waals surface area contributed by atoms with Gasteiger partial charge in [-0.25, -0.2) is 4.98 Å². The SMILES string of the molecule is CCC(C(C)C)n1c(=S)[nH]c2cc(Br)cnc21. The predicted octanol–water partition coefficient (Wildman–Crippen LogP) is 4.46. The van der Waals surface area contributed by atoms with Gasteiger partial charge in [-0.1, -0.05) is 20.8 Å². The van der Waals surface area contributed by atoms with E-state index in [4.69, 9.17) is 12.2 Å². The summed E-state index contributed by atoms with van der Waals surface area (Å²) in [6, 6.07) is 2.41. The van der Waals surface area contributed by atoms with Crippen LogP contribution in [0.5, 0.6) is 0 Å². The lowest BCUT2D eigenvalue weighted by atomic mass is 10.0. The van der Waals surface area contributed by atoms with E-state index in [0.29, 0.717) is 12.0 Å². The first-order valence-corrected chi connectivity index (χ1v) is 7.00. The van der Waals surface area contributed by atoms with Crippen LogP contribution in [0.2, 0.25) is 0 Å². The van der Waals surface area contributed by atoms with E-state index >= 15 is 0 Å². The van der Waals surface area contributed by atoms with Gasteiger partial charge < -0.3 is 4.98 Å². The van der Waals surface area contributed by atoms with Gasteiger partial charge in [0, 0.05) is 16.7 Å². The first-order chi connectivity index (χ1) is 8.04. The molecule has 0 radical (unpaired) electrons. The molecule has 0 amide bonds. The highest BCUT2D eigenvalue weighted by atomic mass is 79.9. The number of halogens is 1. The molecule has 1 unspecified atom stereocenters. The summed E-state index contributed by atoms with van der Waals surface area (Å²) in [4.78, 5) is 7.69. The second kappa shape index (κ2) is 4.90. The molecule has 0 fully saturated rings. The topological polar surface area (TPSA) is 33.6 Å².